The van der Waals surface area contributed by atoms with E-state index < -0.39 is 155 Å². The predicted molar refractivity (Wildman–Crippen MR) is 366 cm³/mol. The molecule has 9 rings (SSSR count). The van der Waals surface area contributed by atoms with Crippen LogP contribution in [0.25, 0.3) is 0 Å². The van der Waals surface area contributed by atoms with Gasteiger partial charge >= 0.3 is 29.8 Å². The molecule has 23 heteroatoms. The Kier molecular flexibility index (Phi) is 25.9. The summed E-state index contributed by atoms with van der Waals surface area (Å²) in [6.07, 6.45) is 11.1. The van der Waals surface area contributed by atoms with Crippen molar-refractivity contribution in [3.63, 3.8) is 0 Å². The number of allylic oxidation sites excluding steroid dienone is 7. The summed E-state index contributed by atoms with van der Waals surface area (Å²) >= 11 is 0. The molecule has 1 aromatic rings. The number of aliphatic hydroxyl groups is 2. The molecule has 2 N–H and O–H groups in total. The number of carbonyl (C=O) groups excluding carboxylic acids is 10. The lowest BCUT2D eigenvalue weighted by Crippen LogP contribution is -2.61. The number of esters is 5. The van der Waals surface area contributed by atoms with Gasteiger partial charge in [-0.25, -0.2) is 9.59 Å². The number of carbonyl (C=O) groups is 10. The lowest BCUT2D eigenvalue weighted by atomic mass is 9.54. The predicted octanol–water partition coefficient (Wildman–Crippen LogP) is 10.2. The number of ether oxygens (including phenoxy) is 9. The minimum Gasteiger partial charge on any atom is -0.462 e. The Morgan fingerprint density at radius 2 is 1.50 bits per heavy atom. The molecule has 8 aliphatic rings. The van der Waals surface area contributed by atoms with Gasteiger partial charge in [-0.1, -0.05) is 78.0 Å². The standard InChI is InChI=1S/C78H107NO22/c1-42-20-15-14-16-21-43(2)57(93-12)37-52-28-25-48(7)78(91,101-52)72(87)73(88)79-33-18-17-22-55(79)75(90)98-58(38-56(81)44(3)35-47(6)68(85)71(94-13)67(84)46(5)34-42)45(4)36-50-26-29-51(30-27-50)97-62(82)23-19-24-63(83)99-60-32-31-54-64-66(59(96-49(8)80)39-76(54,60)9)77(10)61(41-92-11)100-74(89)53-40-95-70(65(53)77)69(64)86/h14-16,20-21,35,40,42,44-46,48,50-52,54-55,57-61,68,71,85,91H,17-19,22-34,36-39,41H2,1-13H3/b16-14+,20-15+,43-21+,47-35+/t42-,44-,45-,46-,48-,50?,51?,52+,54?,55?,57+,58+,59-,60+,61-,68-,71+,76+,77+,78-/m1/s1. The topological polar surface area (TPSA) is 311 Å². The van der Waals surface area contributed by atoms with E-state index in [9.17, 15) is 58.2 Å². The fraction of sp³-hybridized carbons (Fsp3) is 0.692. The first-order valence-electron chi connectivity index (χ1n) is 36.5. The van der Waals surface area contributed by atoms with Crippen LogP contribution in [-0.2, 0) is 86.4 Å². The largest absolute Gasteiger partial charge is 0.462 e. The van der Waals surface area contributed by atoms with E-state index in [0.29, 0.717) is 99.3 Å². The molecule has 4 aliphatic heterocycles. The fourth-order valence-electron chi connectivity index (χ4n) is 17.4. The van der Waals surface area contributed by atoms with Crippen molar-refractivity contribution in [2.45, 2.75) is 263 Å². The van der Waals surface area contributed by atoms with E-state index in [0.717, 1.165) is 5.57 Å². The Morgan fingerprint density at radius 1 is 0.792 bits per heavy atom. The van der Waals surface area contributed by atoms with Gasteiger partial charge in [0.05, 0.1) is 24.2 Å². The van der Waals surface area contributed by atoms with E-state index in [1.807, 2.05) is 65.0 Å². The number of ketones is 4. The summed E-state index contributed by atoms with van der Waals surface area (Å²) in [5.74, 6) is -11.7. The molecular formula is C78H107NO22. The van der Waals surface area contributed by atoms with E-state index >= 15 is 0 Å². The Morgan fingerprint density at radius 3 is 2.19 bits per heavy atom. The van der Waals surface area contributed by atoms with Crippen molar-refractivity contribution in [3.05, 3.63) is 81.9 Å². The number of aliphatic hydroxyl groups excluding tert-OH is 1. The summed E-state index contributed by atoms with van der Waals surface area (Å²) in [6.45, 7) is 17.6. The average molecular weight is 1410 g/mol. The van der Waals surface area contributed by atoms with Crippen LogP contribution in [0.2, 0.25) is 0 Å². The number of furan rings is 1. The summed E-state index contributed by atoms with van der Waals surface area (Å²) in [5.41, 5.74) is 0.621. The van der Waals surface area contributed by atoms with Gasteiger partial charge in [-0.3, -0.25) is 38.4 Å². The Labute approximate surface area is 593 Å². The number of Topliss-reactive ketones (excluding diaryl/α,β-unsaturated/α-hetero) is 4. The van der Waals surface area contributed by atoms with E-state index in [2.05, 4.69) is 0 Å². The van der Waals surface area contributed by atoms with Crippen LogP contribution in [-0.4, -0.2) is 175 Å². The molecule has 1 aromatic heterocycles. The Hall–Kier alpha value is -6.76. The van der Waals surface area contributed by atoms with Crippen LogP contribution < -0.4 is 0 Å². The van der Waals surface area contributed by atoms with E-state index in [1.165, 1.54) is 32.3 Å². The third-order valence-electron chi connectivity index (χ3n) is 23.3. The minimum absolute atomic E-state index is 0.00820. The number of hydrogen-bond acceptors (Lipinski definition) is 22. The lowest BCUT2D eigenvalue weighted by molar-refractivity contribution is -0.265. The SMILES string of the molecule is COC[C@H]1OC(=O)c2coc3c2[C@@]1(C)C1=C(C3=O)C2CC[C@H](OC(=O)CCCC(=O)OC3CCC(C[C@@H](C)[C@@H]4CC(=O)[C@H](C)/C=C(\C)[C@@H](O)[C@@H](OC)C(=O)[C@H](C)C[C@H](C)/C=C/C=C/C=C(\C)[C@@H](OC)C[C@@H]5CC[C@@H](C)[C@@](O)(O5)C(=O)C(=O)N5CCCCC5C(=O)O4)CC3)[C@@]2(C)C[C@H]1OC(C)=O. The molecule has 4 aliphatic carbocycles. The summed E-state index contributed by atoms with van der Waals surface area (Å²) in [5, 5.41) is 23.8. The van der Waals surface area contributed by atoms with E-state index in [-0.39, 0.29) is 92.8 Å². The molecule has 4 fully saturated rings. The van der Waals surface area contributed by atoms with Crippen molar-refractivity contribution in [1.29, 1.82) is 0 Å². The van der Waals surface area contributed by atoms with Crippen molar-refractivity contribution in [3.8, 4) is 0 Å². The highest BCUT2D eigenvalue weighted by atomic mass is 16.6. The molecule has 2 saturated carbocycles. The maximum absolute atomic E-state index is 14.7. The number of cyclic esters (lactones) is 2. The zero-order chi connectivity index (χ0) is 73.6. The molecule has 23 nitrogen and oxygen atoms in total. The Bertz CT molecular complexity index is 3440. The molecule has 2 saturated heterocycles. The van der Waals surface area contributed by atoms with Crippen molar-refractivity contribution in [2.24, 2.45) is 46.8 Å². The molecule has 2 unspecified atom stereocenters. The molecule has 101 heavy (non-hydrogen) atoms. The monoisotopic (exact) mass is 1410 g/mol. The van der Waals surface area contributed by atoms with Gasteiger partial charge in [-0.2, -0.15) is 0 Å². The van der Waals surface area contributed by atoms with Crippen LogP contribution in [0.3, 0.4) is 0 Å². The number of rotatable bonds is 14. The number of piperidine rings is 1. The van der Waals surface area contributed by atoms with Gasteiger partial charge < -0.3 is 62.2 Å². The molecule has 2 bridgehead atoms. The van der Waals surface area contributed by atoms with Crippen molar-refractivity contribution < 1.29 is 105 Å². The van der Waals surface area contributed by atoms with Crippen LogP contribution in [0, 0.1) is 46.8 Å². The van der Waals surface area contributed by atoms with Gasteiger partial charge in [-0.15, -0.1) is 0 Å². The lowest BCUT2D eigenvalue weighted by Gasteiger charge is -2.52. The quantitative estimate of drug-likeness (QED) is 0.0757. The van der Waals surface area contributed by atoms with Crippen molar-refractivity contribution >= 4 is 58.9 Å². The zero-order valence-electron chi connectivity index (χ0n) is 61.2. The molecule has 0 spiro atoms. The van der Waals surface area contributed by atoms with Gasteiger partial charge in [0.1, 0.15) is 66.4 Å². The first kappa shape index (κ1) is 78.4. The molecule has 0 radical (unpaired) electrons. The maximum atomic E-state index is 14.7. The number of fused-ring (bicyclic) bond motifs is 6. The highest BCUT2D eigenvalue weighted by molar-refractivity contribution is 6.39. The molecule has 556 valence electrons. The first-order chi connectivity index (χ1) is 47.9. The van der Waals surface area contributed by atoms with Crippen LogP contribution in [0.1, 0.15) is 218 Å². The number of amides is 1. The van der Waals surface area contributed by atoms with Crippen LogP contribution in [0.4, 0.5) is 0 Å². The molecule has 18 atom stereocenters. The van der Waals surface area contributed by atoms with E-state index in [4.69, 9.17) is 47.0 Å². The smallest absolute Gasteiger partial charge is 0.342 e. The highest BCUT2D eigenvalue weighted by Gasteiger charge is 2.65. The van der Waals surface area contributed by atoms with Gasteiger partial charge in [0, 0.05) is 94.8 Å². The highest BCUT2D eigenvalue weighted by Crippen LogP contribution is 2.63. The van der Waals surface area contributed by atoms with E-state index in [1.54, 1.807) is 40.9 Å². The summed E-state index contributed by atoms with van der Waals surface area (Å²) < 4.78 is 59.6. The first-order valence-corrected chi connectivity index (χ1v) is 36.5. The van der Waals surface area contributed by atoms with Crippen molar-refractivity contribution in [2.75, 3.05) is 34.5 Å². The van der Waals surface area contributed by atoms with Crippen LogP contribution >= 0.6 is 0 Å². The van der Waals surface area contributed by atoms with Crippen LogP contribution in [0.15, 0.2) is 69.4 Å². The van der Waals surface area contributed by atoms with Crippen molar-refractivity contribution in [1.82, 2.24) is 4.90 Å². The third-order valence-corrected chi connectivity index (χ3v) is 23.3. The Balaban J connectivity index is 0.839. The molecular weight excluding hydrogens is 1300 g/mol. The minimum atomic E-state index is -2.49. The van der Waals surface area contributed by atoms with Gasteiger partial charge in [0.15, 0.2) is 11.5 Å². The average Bonchev–Trinajstić information content (AvgIpc) is 1.65. The zero-order valence-corrected chi connectivity index (χ0v) is 61.2. The summed E-state index contributed by atoms with van der Waals surface area (Å²) in [4.78, 5) is 141. The molecule has 5 heterocycles. The number of methoxy groups -OCH3 is 3. The summed E-state index contributed by atoms with van der Waals surface area (Å²) in [7, 11) is 4.40. The second-order valence-corrected chi connectivity index (χ2v) is 30.5. The molecule has 0 aromatic carbocycles. The second kappa shape index (κ2) is 33.3. The third kappa shape index (κ3) is 16.9. The normalized spacial score (nSPS) is 37.7. The maximum Gasteiger partial charge on any atom is 0.342 e. The van der Waals surface area contributed by atoms with Crippen LogP contribution in [0.5, 0.6) is 0 Å². The van der Waals surface area contributed by atoms with Gasteiger partial charge in [0.25, 0.3) is 11.7 Å². The fourth-order valence-corrected chi connectivity index (χ4v) is 17.4. The molecule has 1 amide bonds. The number of nitrogens with zero attached hydrogens (tertiary/aromatic N) is 1. The second-order valence-electron chi connectivity index (χ2n) is 30.5. The summed E-state index contributed by atoms with van der Waals surface area (Å²) in [6, 6.07) is -1.22. The van der Waals surface area contributed by atoms with Gasteiger partial charge in [0.2, 0.25) is 11.6 Å². The van der Waals surface area contributed by atoms with Gasteiger partial charge in [-0.05, 0) is 157 Å². The number of hydrogen-bond donors (Lipinski definition) is 2.